The molecule has 0 fully saturated rings. The number of para-hydroxylation sites is 1. The van der Waals surface area contributed by atoms with Gasteiger partial charge in [-0.1, -0.05) is 18.2 Å². The second-order valence-electron chi connectivity index (χ2n) is 6.92. The molecule has 4 rings (SSSR count). The molecule has 1 aliphatic rings. The molecular weight excluding hydrogens is 488 g/mol. The van der Waals surface area contributed by atoms with Crippen LogP contribution in [0.1, 0.15) is 10.6 Å². The number of sulfone groups is 1. The van der Waals surface area contributed by atoms with Crippen LogP contribution < -0.4 is 16.6 Å². The number of nitrogen functional groups attached to an aromatic ring is 1. The minimum absolute atomic E-state index is 0.0476. The van der Waals surface area contributed by atoms with Gasteiger partial charge in [-0.25, -0.2) is 32.0 Å². The van der Waals surface area contributed by atoms with Gasteiger partial charge in [-0.3, -0.25) is 5.41 Å². The molecule has 7 N–H and O–H groups in total. The quantitative estimate of drug-likeness (QED) is 0.266. The van der Waals surface area contributed by atoms with Crippen LogP contribution in [0.2, 0.25) is 0 Å². The smallest absolute Gasteiger partial charge is 0.240 e. The van der Waals surface area contributed by atoms with Crippen molar-refractivity contribution in [1.29, 1.82) is 5.41 Å². The number of aliphatic imine (C=N–C) groups is 1. The molecule has 0 amide bonds. The normalized spacial score (nSPS) is 14.1. The van der Waals surface area contributed by atoms with E-state index in [4.69, 9.17) is 22.0 Å². The van der Waals surface area contributed by atoms with Gasteiger partial charge >= 0.3 is 0 Å². The molecule has 0 saturated heterocycles. The zero-order chi connectivity index (χ0) is 24.0. The lowest BCUT2D eigenvalue weighted by molar-refractivity contribution is 0.583. The molecule has 0 atom stereocenters. The Labute approximate surface area is 192 Å². The second kappa shape index (κ2) is 8.35. The Bertz CT molecular complexity index is 1570. The van der Waals surface area contributed by atoms with E-state index in [1.165, 1.54) is 23.5 Å². The van der Waals surface area contributed by atoms with Gasteiger partial charge in [-0.05, 0) is 17.7 Å². The fourth-order valence-corrected chi connectivity index (χ4v) is 7.05. The first-order valence-electron chi connectivity index (χ1n) is 9.34. The van der Waals surface area contributed by atoms with E-state index in [0.29, 0.717) is 15.8 Å². The van der Waals surface area contributed by atoms with Crippen LogP contribution in [0.25, 0.3) is 21.3 Å². The van der Waals surface area contributed by atoms with E-state index in [9.17, 15) is 16.8 Å². The first-order chi connectivity index (χ1) is 15.5. The molecule has 0 aliphatic carbocycles. The van der Waals surface area contributed by atoms with E-state index in [0.717, 1.165) is 0 Å². The van der Waals surface area contributed by atoms with E-state index in [-0.39, 0.29) is 41.0 Å². The van der Waals surface area contributed by atoms with E-state index in [1.807, 2.05) is 0 Å². The molecule has 1 aliphatic heterocycles. The molecule has 0 radical (unpaired) electrons. The monoisotopic (exact) mass is 506 g/mol. The highest BCUT2D eigenvalue weighted by molar-refractivity contribution is 7.93. The Morgan fingerprint density at radius 1 is 1.12 bits per heavy atom. The summed E-state index contributed by atoms with van der Waals surface area (Å²) in [4.78, 5) is 7.41. The predicted octanol–water partition coefficient (Wildman–Crippen LogP) is 0.797. The summed E-state index contributed by atoms with van der Waals surface area (Å²) in [5, 5.41) is 21.2. The minimum Gasteiger partial charge on any atom is -0.382 e. The van der Waals surface area contributed by atoms with Crippen molar-refractivity contribution in [1.82, 2.24) is 4.98 Å². The number of aromatic nitrogens is 1. The van der Waals surface area contributed by atoms with E-state index in [1.54, 1.807) is 18.2 Å². The van der Waals surface area contributed by atoms with E-state index in [2.05, 4.69) is 20.2 Å². The van der Waals surface area contributed by atoms with Crippen molar-refractivity contribution in [2.75, 3.05) is 19.0 Å². The molecular formula is C18H18N8O4S3. The van der Waals surface area contributed by atoms with Gasteiger partial charge in [-0.15, -0.1) is 16.5 Å². The number of benzene rings is 2. The SMILES string of the molecule is N=C(N)c1nc2c(-c3ccc(S(=O)(=O)CCN)c(S(N)(=O)=O)c3C3=NCN=N3)cccc2s1. The molecule has 2 heterocycles. The maximum atomic E-state index is 12.9. The molecule has 15 heteroatoms. The van der Waals surface area contributed by atoms with Crippen LogP contribution in [0.15, 0.2) is 55.3 Å². The molecule has 1 aromatic heterocycles. The lowest BCUT2D eigenvalue weighted by Crippen LogP contribution is -2.24. The number of hydrogen-bond donors (Lipinski definition) is 4. The lowest BCUT2D eigenvalue weighted by Gasteiger charge is -2.17. The van der Waals surface area contributed by atoms with E-state index >= 15 is 0 Å². The number of amidine groups is 2. The number of thiazole rings is 1. The van der Waals surface area contributed by atoms with Crippen molar-refractivity contribution in [3.05, 3.63) is 40.9 Å². The number of nitrogens with one attached hydrogen (secondary N) is 1. The lowest BCUT2D eigenvalue weighted by atomic mass is 9.98. The topological polar surface area (TPSA) is 220 Å². The third kappa shape index (κ3) is 4.16. The average molecular weight is 507 g/mol. The van der Waals surface area contributed by atoms with Crippen LogP contribution in [0.4, 0.5) is 0 Å². The number of rotatable bonds is 7. The minimum atomic E-state index is -4.57. The molecule has 0 bridgehead atoms. The van der Waals surface area contributed by atoms with Gasteiger partial charge in [0, 0.05) is 12.1 Å². The molecule has 2 aromatic carbocycles. The molecule has 0 saturated carbocycles. The first kappa shape index (κ1) is 23.1. The average Bonchev–Trinajstić information content (AvgIpc) is 3.41. The van der Waals surface area contributed by atoms with Crippen LogP contribution in [0, 0.1) is 5.41 Å². The summed E-state index contributed by atoms with van der Waals surface area (Å²) in [7, 11) is -8.66. The third-order valence-electron chi connectivity index (χ3n) is 4.74. The number of hydrogen-bond acceptors (Lipinski definition) is 11. The summed E-state index contributed by atoms with van der Waals surface area (Å²) in [6, 6.07) is 7.80. The van der Waals surface area contributed by atoms with Crippen molar-refractivity contribution in [3.63, 3.8) is 0 Å². The number of nitrogens with zero attached hydrogens (tertiary/aromatic N) is 4. The van der Waals surface area contributed by atoms with Crippen LogP contribution in [0.3, 0.4) is 0 Å². The van der Waals surface area contributed by atoms with E-state index < -0.39 is 35.4 Å². The summed E-state index contributed by atoms with van der Waals surface area (Å²) in [6.45, 7) is -0.260. The third-order valence-corrected chi connectivity index (χ3v) is 8.70. The van der Waals surface area contributed by atoms with Crippen LogP contribution in [-0.2, 0) is 19.9 Å². The fraction of sp³-hybridized carbons (Fsp3) is 0.167. The summed E-state index contributed by atoms with van der Waals surface area (Å²) in [5.74, 6) is -0.769. The van der Waals surface area contributed by atoms with Crippen LogP contribution in [-0.4, -0.2) is 52.5 Å². The highest BCUT2D eigenvalue weighted by Crippen LogP contribution is 2.39. The van der Waals surface area contributed by atoms with Crippen LogP contribution >= 0.6 is 11.3 Å². The van der Waals surface area contributed by atoms with Gasteiger partial charge in [0.05, 0.1) is 26.4 Å². The predicted molar refractivity (Wildman–Crippen MR) is 125 cm³/mol. The maximum Gasteiger partial charge on any atom is 0.240 e. The molecule has 0 spiro atoms. The van der Waals surface area contributed by atoms with Crippen molar-refractivity contribution < 1.29 is 16.8 Å². The Kier molecular flexibility index (Phi) is 5.83. The first-order valence-corrected chi connectivity index (χ1v) is 13.4. The molecule has 12 nitrogen and oxygen atoms in total. The fourth-order valence-electron chi connectivity index (χ4n) is 3.44. The summed E-state index contributed by atoms with van der Waals surface area (Å²) >= 11 is 1.19. The largest absolute Gasteiger partial charge is 0.382 e. The van der Waals surface area contributed by atoms with Gasteiger partial charge in [0.15, 0.2) is 33.2 Å². The summed E-state index contributed by atoms with van der Waals surface area (Å²) in [6.07, 6.45) is 0. The second-order valence-corrected chi connectivity index (χ2v) is 11.5. The van der Waals surface area contributed by atoms with Gasteiger partial charge in [0.1, 0.15) is 4.90 Å². The standard InChI is InChI=1S/C18H18N8O4S3/c19-6-7-32(27,28)12-5-4-9(13(15(12)33(22,29)30)17-23-8-24-26-17)10-2-1-3-11-14(10)25-18(31-11)16(20)21/h1-5H,6-8,19H2,(H3,20,21)(H2,22,29,30). The van der Waals surface area contributed by atoms with Crippen LogP contribution in [0.5, 0.6) is 0 Å². The highest BCUT2D eigenvalue weighted by atomic mass is 32.2. The Hall–Kier alpha value is -3.11. The van der Waals surface area contributed by atoms with Crippen molar-refractivity contribution in [2.24, 2.45) is 31.8 Å². The zero-order valence-corrected chi connectivity index (χ0v) is 19.3. The zero-order valence-electron chi connectivity index (χ0n) is 16.9. The molecule has 3 aromatic rings. The number of azo groups is 1. The number of fused-ring (bicyclic) bond motifs is 1. The Morgan fingerprint density at radius 2 is 1.88 bits per heavy atom. The van der Waals surface area contributed by atoms with Crippen molar-refractivity contribution in [3.8, 4) is 11.1 Å². The summed E-state index contributed by atoms with van der Waals surface area (Å²) < 4.78 is 51.9. The molecule has 0 unspecified atom stereocenters. The molecule has 33 heavy (non-hydrogen) atoms. The number of primary sulfonamides is 1. The maximum absolute atomic E-state index is 12.9. The van der Waals surface area contributed by atoms with Gasteiger partial charge < -0.3 is 11.5 Å². The van der Waals surface area contributed by atoms with Gasteiger partial charge in [0.25, 0.3) is 0 Å². The van der Waals surface area contributed by atoms with Crippen molar-refractivity contribution in [2.45, 2.75) is 9.79 Å². The number of sulfonamides is 1. The summed E-state index contributed by atoms with van der Waals surface area (Å²) in [5.41, 5.74) is 12.1. The number of nitrogens with two attached hydrogens (primary N) is 3. The highest BCUT2D eigenvalue weighted by Gasteiger charge is 2.32. The Balaban J connectivity index is 2.15. The Morgan fingerprint density at radius 3 is 2.48 bits per heavy atom. The van der Waals surface area contributed by atoms with Crippen molar-refractivity contribution >= 4 is 53.1 Å². The molecule has 172 valence electrons. The van der Waals surface area contributed by atoms with Gasteiger partial charge in [0.2, 0.25) is 10.0 Å². The van der Waals surface area contributed by atoms with Gasteiger partial charge in [-0.2, -0.15) is 5.11 Å².